The zero-order valence-electron chi connectivity index (χ0n) is 15.6. The summed E-state index contributed by atoms with van der Waals surface area (Å²) in [6.45, 7) is 8.45. The molecule has 1 atom stereocenters. The van der Waals surface area contributed by atoms with Gasteiger partial charge in [0, 0.05) is 5.69 Å². The molecule has 1 aliphatic heterocycles. The molecule has 0 radical (unpaired) electrons. The molecule has 0 bridgehead atoms. The van der Waals surface area contributed by atoms with E-state index in [1.165, 1.54) is 5.56 Å². The van der Waals surface area contributed by atoms with Crippen LogP contribution in [0.15, 0.2) is 24.3 Å². The maximum atomic E-state index is 12.4. The number of hydrogen-bond donors (Lipinski definition) is 1. The Bertz CT molecular complexity index is 580. The second kappa shape index (κ2) is 9.56. The molecule has 1 aromatic carbocycles. The number of esters is 1. The van der Waals surface area contributed by atoms with E-state index >= 15 is 0 Å². The summed E-state index contributed by atoms with van der Waals surface area (Å²) in [4.78, 5) is 26.3. The first-order chi connectivity index (χ1) is 12.0. The van der Waals surface area contributed by atoms with Crippen LogP contribution in [0, 0.1) is 5.92 Å². The van der Waals surface area contributed by atoms with Gasteiger partial charge in [0.05, 0.1) is 19.1 Å². The fourth-order valence-electron chi connectivity index (χ4n) is 3.24. The van der Waals surface area contributed by atoms with E-state index in [9.17, 15) is 9.59 Å². The molecular formula is C20H30N2O3. The predicted octanol–water partition coefficient (Wildman–Crippen LogP) is 3.41. The van der Waals surface area contributed by atoms with Gasteiger partial charge < -0.3 is 10.1 Å². The van der Waals surface area contributed by atoms with Crippen molar-refractivity contribution < 1.29 is 14.3 Å². The molecule has 0 aromatic heterocycles. The van der Waals surface area contributed by atoms with Gasteiger partial charge in [-0.2, -0.15) is 0 Å². The number of rotatable bonds is 7. The number of hydrogen-bond acceptors (Lipinski definition) is 4. The van der Waals surface area contributed by atoms with Crippen molar-refractivity contribution in [3.05, 3.63) is 29.8 Å². The zero-order chi connectivity index (χ0) is 18.2. The molecule has 2 rings (SSSR count). The van der Waals surface area contributed by atoms with Crippen molar-refractivity contribution in [2.24, 2.45) is 5.92 Å². The second-order valence-corrected chi connectivity index (χ2v) is 6.75. The van der Waals surface area contributed by atoms with E-state index in [4.69, 9.17) is 4.74 Å². The van der Waals surface area contributed by atoms with E-state index in [2.05, 4.69) is 30.1 Å². The zero-order valence-corrected chi connectivity index (χ0v) is 15.6. The van der Waals surface area contributed by atoms with Crippen LogP contribution < -0.4 is 5.32 Å². The minimum atomic E-state index is -0.103. The highest BCUT2D eigenvalue weighted by molar-refractivity contribution is 5.93. The highest BCUT2D eigenvalue weighted by atomic mass is 16.5. The monoisotopic (exact) mass is 346 g/mol. The number of carbonyl (C=O) groups is 2. The molecule has 1 fully saturated rings. The van der Waals surface area contributed by atoms with Crippen LogP contribution in [0.2, 0.25) is 0 Å². The number of piperidine rings is 1. The molecule has 1 aromatic rings. The summed E-state index contributed by atoms with van der Waals surface area (Å²) in [7, 11) is 0. The third kappa shape index (κ3) is 5.56. The number of amides is 1. The van der Waals surface area contributed by atoms with E-state index in [0.717, 1.165) is 38.0 Å². The van der Waals surface area contributed by atoms with Gasteiger partial charge in [0.2, 0.25) is 5.91 Å². The molecular weight excluding hydrogens is 316 g/mol. The van der Waals surface area contributed by atoms with Crippen molar-refractivity contribution in [1.29, 1.82) is 0 Å². The van der Waals surface area contributed by atoms with E-state index in [1.54, 1.807) is 0 Å². The van der Waals surface area contributed by atoms with Crippen LogP contribution in [0.4, 0.5) is 5.69 Å². The van der Waals surface area contributed by atoms with Gasteiger partial charge in [0.15, 0.2) is 0 Å². The number of nitrogens with one attached hydrogen (secondary N) is 1. The fraction of sp³-hybridized carbons (Fsp3) is 0.600. The van der Waals surface area contributed by atoms with Crippen molar-refractivity contribution in [2.75, 3.05) is 31.6 Å². The number of nitrogens with zero attached hydrogens (tertiary/aromatic N) is 1. The van der Waals surface area contributed by atoms with Crippen LogP contribution in [0.3, 0.4) is 0 Å². The van der Waals surface area contributed by atoms with E-state index in [1.807, 2.05) is 25.1 Å². The van der Waals surface area contributed by atoms with Crippen LogP contribution in [-0.4, -0.2) is 43.0 Å². The number of para-hydroxylation sites is 1. The molecule has 0 unspecified atom stereocenters. The lowest BCUT2D eigenvalue weighted by Crippen LogP contribution is -2.41. The predicted molar refractivity (Wildman–Crippen MR) is 99.6 cm³/mol. The first kappa shape index (κ1) is 19.4. The van der Waals surface area contributed by atoms with Gasteiger partial charge in [0.1, 0.15) is 0 Å². The quantitative estimate of drug-likeness (QED) is 0.769. The van der Waals surface area contributed by atoms with E-state index in [-0.39, 0.29) is 17.8 Å². The summed E-state index contributed by atoms with van der Waals surface area (Å²) < 4.78 is 5.09. The number of benzene rings is 1. The summed E-state index contributed by atoms with van der Waals surface area (Å²) in [5, 5.41) is 3.06. The molecule has 0 aliphatic carbocycles. The van der Waals surface area contributed by atoms with Gasteiger partial charge in [-0.1, -0.05) is 32.0 Å². The molecule has 1 aliphatic rings. The largest absolute Gasteiger partial charge is 0.466 e. The number of likely N-dealkylation sites (tertiary alicyclic amines) is 1. The van der Waals surface area contributed by atoms with Crippen molar-refractivity contribution in [2.45, 2.75) is 46.0 Å². The topological polar surface area (TPSA) is 58.6 Å². The molecule has 25 heavy (non-hydrogen) atoms. The summed E-state index contributed by atoms with van der Waals surface area (Å²) in [5.41, 5.74) is 2.09. The lowest BCUT2D eigenvalue weighted by molar-refractivity contribution is -0.149. The Morgan fingerprint density at radius 2 is 1.92 bits per heavy atom. The van der Waals surface area contributed by atoms with Gasteiger partial charge in [0.25, 0.3) is 0 Å². The minimum absolute atomic E-state index is 0.00494. The van der Waals surface area contributed by atoms with Gasteiger partial charge in [-0.05, 0) is 56.8 Å². The number of ether oxygens (including phenoxy) is 1. The normalized spacial score (nSPS) is 17.1. The molecule has 5 nitrogen and oxygen atoms in total. The van der Waals surface area contributed by atoms with Crippen LogP contribution in [0.1, 0.15) is 51.5 Å². The molecule has 5 heteroatoms. The van der Waals surface area contributed by atoms with Crippen molar-refractivity contribution in [3.8, 4) is 0 Å². The molecule has 1 heterocycles. The van der Waals surface area contributed by atoms with E-state index in [0.29, 0.717) is 19.1 Å². The number of carbonyl (C=O) groups excluding carboxylic acids is 2. The molecule has 1 amide bonds. The first-order valence-corrected chi connectivity index (χ1v) is 9.32. The highest BCUT2D eigenvalue weighted by Crippen LogP contribution is 2.26. The Morgan fingerprint density at radius 3 is 2.56 bits per heavy atom. The smallest absolute Gasteiger partial charge is 0.309 e. The summed E-state index contributed by atoms with van der Waals surface area (Å²) >= 11 is 0. The van der Waals surface area contributed by atoms with E-state index < -0.39 is 0 Å². The Balaban J connectivity index is 1.85. The Hall–Kier alpha value is -1.88. The van der Waals surface area contributed by atoms with Crippen molar-refractivity contribution >= 4 is 17.6 Å². The first-order valence-electron chi connectivity index (χ1n) is 9.32. The van der Waals surface area contributed by atoms with Gasteiger partial charge >= 0.3 is 5.97 Å². The SMILES string of the molecule is CCOC(=O)C1CCN(CC(=O)Nc2ccccc2[C@@H](C)CC)CC1. The van der Waals surface area contributed by atoms with Gasteiger partial charge in [-0.3, -0.25) is 14.5 Å². The minimum Gasteiger partial charge on any atom is -0.466 e. The number of anilines is 1. The Kier molecular flexibility index (Phi) is 7.44. The highest BCUT2D eigenvalue weighted by Gasteiger charge is 2.26. The van der Waals surface area contributed by atoms with Crippen LogP contribution in [0.5, 0.6) is 0 Å². The molecule has 0 saturated carbocycles. The average Bonchev–Trinajstić information content (AvgIpc) is 2.62. The molecule has 1 saturated heterocycles. The molecule has 138 valence electrons. The Labute approximate surface area is 150 Å². The van der Waals surface area contributed by atoms with Crippen molar-refractivity contribution in [1.82, 2.24) is 4.90 Å². The van der Waals surface area contributed by atoms with Gasteiger partial charge in [-0.25, -0.2) is 0 Å². The summed E-state index contributed by atoms with van der Waals surface area (Å²) in [6, 6.07) is 8.00. The summed E-state index contributed by atoms with van der Waals surface area (Å²) in [5.74, 6) is 0.293. The third-order valence-electron chi connectivity index (χ3n) is 4.95. The second-order valence-electron chi connectivity index (χ2n) is 6.75. The Morgan fingerprint density at radius 1 is 1.24 bits per heavy atom. The standard InChI is InChI=1S/C20H30N2O3/c1-4-15(3)17-8-6-7-9-18(17)21-19(23)14-22-12-10-16(11-13-22)20(24)25-5-2/h6-9,15-16H,4-5,10-14H2,1-3H3,(H,21,23)/t15-/m0/s1. The summed E-state index contributed by atoms with van der Waals surface area (Å²) in [6.07, 6.45) is 2.55. The average molecular weight is 346 g/mol. The molecule has 0 spiro atoms. The van der Waals surface area contributed by atoms with Crippen LogP contribution in [-0.2, 0) is 14.3 Å². The fourth-order valence-corrected chi connectivity index (χ4v) is 3.24. The van der Waals surface area contributed by atoms with Crippen molar-refractivity contribution in [3.63, 3.8) is 0 Å². The molecule has 1 N–H and O–H groups in total. The third-order valence-corrected chi connectivity index (χ3v) is 4.95. The maximum absolute atomic E-state index is 12.4. The van der Waals surface area contributed by atoms with Crippen LogP contribution >= 0.6 is 0 Å². The lowest BCUT2D eigenvalue weighted by atomic mass is 9.96. The van der Waals surface area contributed by atoms with Gasteiger partial charge in [-0.15, -0.1) is 0 Å². The maximum Gasteiger partial charge on any atom is 0.309 e. The van der Waals surface area contributed by atoms with Crippen LogP contribution in [0.25, 0.3) is 0 Å². The lowest BCUT2D eigenvalue weighted by Gasteiger charge is -2.30.